The highest BCUT2D eigenvalue weighted by Gasteiger charge is 2.48. The lowest BCUT2D eigenvalue weighted by atomic mass is 9.87. The van der Waals surface area contributed by atoms with Crippen LogP contribution in [-0.2, 0) is 30.9 Å². The third-order valence-corrected chi connectivity index (χ3v) is 8.57. The number of aryl methyl sites for hydroxylation is 1. The van der Waals surface area contributed by atoms with E-state index in [1.54, 1.807) is 14.0 Å². The molecule has 1 aliphatic heterocycles. The van der Waals surface area contributed by atoms with Crippen LogP contribution in [0.4, 0.5) is 13.2 Å². The molecule has 42 heavy (non-hydrogen) atoms. The Labute approximate surface area is 242 Å². The second kappa shape index (κ2) is 12.7. The summed E-state index contributed by atoms with van der Waals surface area (Å²) < 4.78 is 65.1. The van der Waals surface area contributed by atoms with E-state index in [9.17, 15) is 36.0 Å². The Balaban J connectivity index is 1.55. The summed E-state index contributed by atoms with van der Waals surface area (Å²) in [5.41, 5.74) is -3.23. The Morgan fingerprint density at radius 2 is 1.71 bits per heavy atom. The van der Waals surface area contributed by atoms with E-state index in [1.165, 1.54) is 22.6 Å². The van der Waals surface area contributed by atoms with Crippen LogP contribution < -0.4 is 20.1 Å². The Morgan fingerprint density at radius 1 is 1.02 bits per heavy atom. The maximum atomic E-state index is 13.9. The molecule has 1 fully saturated rings. The number of halogens is 3. The molecule has 3 amide bonds. The highest BCUT2D eigenvalue weighted by molar-refractivity contribution is 7.88. The number of nitrogens with zero attached hydrogens (tertiary/aromatic N) is 1. The van der Waals surface area contributed by atoms with Crippen molar-refractivity contribution in [1.82, 2.24) is 20.9 Å². The summed E-state index contributed by atoms with van der Waals surface area (Å²) in [7, 11) is -4.34. The minimum Gasteiger partial charge on any atom is -0.376 e. The molecule has 2 aromatic carbocycles. The lowest BCUT2D eigenvalue weighted by Crippen LogP contribution is -2.52. The molecule has 4 atom stereocenters. The number of rotatable bonds is 9. The van der Waals surface area contributed by atoms with Crippen LogP contribution >= 0.6 is 0 Å². The number of benzene rings is 2. The van der Waals surface area contributed by atoms with Crippen LogP contribution in [-0.4, -0.2) is 62.2 Å². The van der Waals surface area contributed by atoms with Crippen LogP contribution in [0.2, 0.25) is 0 Å². The summed E-state index contributed by atoms with van der Waals surface area (Å²) in [6.07, 6.45) is 3.58. The molecule has 228 valence electrons. The topological polar surface area (TPSA) is 134 Å². The van der Waals surface area contributed by atoms with Crippen molar-refractivity contribution < 1.29 is 40.2 Å². The molecule has 0 bridgehead atoms. The van der Waals surface area contributed by atoms with Crippen molar-refractivity contribution in [2.24, 2.45) is 0 Å². The number of likely N-dealkylation sites (tertiary alicyclic amines) is 1. The van der Waals surface area contributed by atoms with Gasteiger partial charge in [0.05, 0.1) is 12.1 Å². The monoisotopic (exact) mass is 610 g/mol. The first-order valence-corrected chi connectivity index (χ1v) is 15.0. The fourth-order valence-corrected chi connectivity index (χ4v) is 5.68. The standard InChI is InChI=1S/C28H33F3N4O6S/c1-17(32-2)25(36)34-24(19-12-14-20(15-13-19)41-42(39,40)28(29,30)31)27(38)35-16-6-11-23(35)26(37)33-22-10-5-8-18-7-3-4-9-21(18)22/h3-4,7,9,12-15,17,22-24,32H,5-6,8,10-11,16H2,1-2H3,(H,33,37)(H,34,36)/t17-,22+,23-,24-/m0/s1. The van der Waals surface area contributed by atoms with E-state index in [0.717, 1.165) is 37.0 Å². The molecule has 2 aliphatic rings. The van der Waals surface area contributed by atoms with Crippen LogP contribution in [0.1, 0.15) is 61.4 Å². The molecule has 0 saturated carbocycles. The number of nitrogens with one attached hydrogen (secondary N) is 3. The predicted molar refractivity (Wildman–Crippen MR) is 146 cm³/mol. The molecule has 0 spiro atoms. The molecule has 2 aromatic rings. The third kappa shape index (κ3) is 6.86. The number of fused-ring (bicyclic) bond motifs is 1. The summed E-state index contributed by atoms with van der Waals surface area (Å²) in [6, 6.07) is 9.24. The van der Waals surface area contributed by atoms with Gasteiger partial charge < -0.3 is 25.0 Å². The van der Waals surface area contributed by atoms with E-state index in [2.05, 4.69) is 20.1 Å². The highest BCUT2D eigenvalue weighted by atomic mass is 32.2. The van der Waals surface area contributed by atoms with Crippen molar-refractivity contribution in [1.29, 1.82) is 0 Å². The molecule has 1 aliphatic carbocycles. The average molecular weight is 611 g/mol. The Hall–Kier alpha value is -3.65. The minimum absolute atomic E-state index is 0.167. The van der Waals surface area contributed by atoms with Gasteiger partial charge in [-0.05, 0) is 74.9 Å². The van der Waals surface area contributed by atoms with Gasteiger partial charge in [-0.15, -0.1) is 0 Å². The largest absolute Gasteiger partial charge is 0.534 e. The van der Waals surface area contributed by atoms with Gasteiger partial charge in [-0.25, -0.2) is 0 Å². The molecule has 1 saturated heterocycles. The van der Waals surface area contributed by atoms with Gasteiger partial charge in [0, 0.05) is 6.54 Å². The van der Waals surface area contributed by atoms with Gasteiger partial charge in [-0.2, -0.15) is 21.6 Å². The van der Waals surface area contributed by atoms with Crippen molar-refractivity contribution in [3.63, 3.8) is 0 Å². The molecule has 0 unspecified atom stereocenters. The van der Waals surface area contributed by atoms with E-state index in [-0.39, 0.29) is 24.1 Å². The van der Waals surface area contributed by atoms with Gasteiger partial charge in [0.2, 0.25) is 17.7 Å². The minimum atomic E-state index is -5.89. The van der Waals surface area contributed by atoms with E-state index in [0.29, 0.717) is 12.8 Å². The van der Waals surface area contributed by atoms with Crippen LogP contribution in [0.3, 0.4) is 0 Å². The molecule has 10 nitrogen and oxygen atoms in total. The van der Waals surface area contributed by atoms with Crippen molar-refractivity contribution in [2.75, 3.05) is 13.6 Å². The predicted octanol–water partition coefficient (Wildman–Crippen LogP) is 2.87. The zero-order chi connectivity index (χ0) is 30.7. The summed E-state index contributed by atoms with van der Waals surface area (Å²) in [5, 5.41) is 8.50. The smallest absolute Gasteiger partial charge is 0.376 e. The zero-order valence-corrected chi connectivity index (χ0v) is 23.9. The second-order valence-electron chi connectivity index (χ2n) is 10.3. The quantitative estimate of drug-likeness (QED) is 0.294. The molecular formula is C28H33F3N4O6S. The summed E-state index contributed by atoms with van der Waals surface area (Å²) in [4.78, 5) is 41.5. The van der Waals surface area contributed by atoms with Crippen LogP contribution in [0.15, 0.2) is 48.5 Å². The number of alkyl halides is 3. The van der Waals surface area contributed by atoms with Gasteiger partial charge in [0.1, 0.15) is 17.8 Å². The maximum Gasteiger partial charge on any atom is 0.534 e. The molecule has 3 N–H and O–H groups in total. The van der Waals surface area contributed by atoms with E-state index >= 15 is 0 Å². The average Bonchev–Trinajstić information content (AvgIpc) is 3.45. The molecular weight excluding hydrogens is 577 g/mol. The zero-order valence-electron chi connectivity index (χ0n) is 23.1. The summed E-state index contributed by atoms with van der Waals surface area (Å²) >= 11 is 0. The number of hydrogen-bond acceptors (Lipinski definition) is 7. The number of carbonyl (C=O) groups is 3. The Bertz CT molecular complexity index is 1420. The van der Waals surface area contributed by atoms with Crippen molar-refractivity contribution in [3.05, 3.63) is 65.2 Å². The second-order valence-corrected chi connectivity index (χ2v) is 11.9. The van der Waals surface area contributed by atoms with E-state index in [1.807, 2.05) is 24.3 Å². The van der Waals surface area contributed by atoms with Gasteiger partial charge in [-0.3, -0.25) is 14.4 Å². The lowest BCUT2D eigenvalue weighted by molar-refractivity contribution is -0.142. The fraction of sp³-hybridized carbons (Fsp3) is 0.464. The van der Waals surface area contributed by atoms with Crippen LogP contribution in [0.5, 0.6) is 5.75 Å². The third-order valence-electron chi connectivity index (χ3n) is 7.59. The van der Waals surface area contributed by atoms with Gasteiger partial charge in [0.15, 0.2) is 0 Å². The first kappa shape index (κ1) is 31.3. The number of likely N-dealkylation sites (N-methyl/N-ethyl adjacent to an activating group) is 1. The molecule has 14 heteroatoms. The van der Waals surface area contributed by atoms with Gasteiger partial charge in [0.25, 0.3) is 0 Å². The summed E-state index contributed by atoms with van der Waals surface area (Å²) in [6.45, 7) is 1.83. The maximum absolute atomic E-state index is 13.9. The first-order valence-electron chi connectivity index (χ1n) is 13.6. The fourth-order valence-electron chi connectivity index (χ4n) is 5.22. The van der Waals surface area contributed by atoms with E-state index < -0.39 is 51.3 Å². The molecule has 0 aromatic heterocycles. The lowest BCUT2D eigenvalue weighted by Gasteiger charge is -2.32. The number of carbonyl (C=O) groups excluding carboxylic acids is 3. The molecule has 0 radical (unpaired) electrons. The van der Waals surface area contributed by atoms with Crippen LogP contribution in [0.25, 0.3) is 0 Å². The van der Waals surface area contributed by atoms with Crippen LogP contribution in [0, 0.1) is 0 Å². The summed E-state index contributed by atoms with van der Waals surface area (Å²) in [5.74, 6) is -2.04. The van der Waals surface area contributed by atoms with Crippen molar-refractivity contribution >= 4 is 27.8 Å². The molecule has 4 rings (SSSR count). The normalized spacial score (nSPS) is 20.3. The van der Waals surface area contributed by atoms with Gasteiger partial charge >= 0.3 is 15.6 Å². The van der Waals surface area contributed by atoms with E-state index in [4.69, 9.17) is 0 Å². The number of amides is 3. The van der Waals surface area contributed by atoms with Crippen molar-refractivity contribution in [2.45, 2.75) is 68.7 Å². The SMILES string of the molecule is CN[C@@H](C)C(=O)N[C@H](C(=O)N1CCC[C@H]1C(=O)N[C@@H]1CCCc2ccccc21)c1ccc(OS(=O)(=O)C(F)(F)F)cc1. The Kier molecular flexibility index (Phi) is 9.46. The first-order chi connectivity index (χ1) is 19.8. The Morgan fingerprint density at radius 3 is 2.38 bits per heavy atom. The number of hydrogen-bond donors (Lipinski definition) is 3. The van der Waals surface area contributed by atoms with Crippen molar-refractivity contribution in [3.8, 4) is 5.75 Å². The highest BCUT2D eigenvalue weighted by Crippen LogP contribution is 2.32. The molecule has 1 heterocycles. The van der Waals surface area contributed by atoms with Gasteiger partial charge in [-0.1, -0.05) is 36.4 Å².